The molecule has 0 aromatic carbocycles. The van der Waals surface area contributed by atoms with Gasteiger partial charge in [0.25, 0.3) is 0 Å². The summed E-state index contributed by atoms with van der Waals surface area (Å²) in [6.45, 7) is 8.25. The number of hydrogen-bond acceptors (Lipinski definition) is 5. The van der Waals surface area contributed by atoms with Crippen molar-refractivity contribution in [3.05, 3.63) is 12.4 Å². The van der Waals surface area contributed by atoms with E-state index in [2.05, 4.69) is 27.1 Å². The Labute approximate surface area is 115 Å². The van der Waals surface area contributed by atoms with Crippen molar-refractivity contribution >= 4 is 5.82 Å². The Kier molecular flexibility index (Phi) is 4.24. The maximum Gasteiger partial charge on any atom is 0.234 e. The van der Waals surface area contributed by atoms with Gasteiger partial charge in [0, 0.05) is 18.6 Å². The van der Waals surface area contributed by atoms with Crippen LogP contribution < -0.4 is 15.0 Å². The molecule has 0 spiro atoms. The van der Waals surface area contributed by atoms with E-state index in [1.165, 1.54) is 0 Å². The van der Waals surface area contributed by atoms with E-state index in [-0.39, 0.29) is 11.6 Å². The molecule has 2 rings (SSSR count). The van der Waals surface area contributed by atoms with E-state index in [0.717, 1.165) is 31.7 Å². The van der Waals surface area contributed by atoms with Crippen molar-refractivity contribution in [3.8, 4) is 5.88 Å². The van der Waals surface area contributed by atoms with Gasteiger partial charge in [-0.1, -0.05) is 0 Å². The van der Waals surface area contributed by atoms with E-state index in [1.54, 1.807) is 6.20 Å². The van der Waals surface area contributed by atoms with Crippen LogP contribution in [0, 0.1) is 0 Å². The molecule has 1 aromatic heterocycles. The van der Waals surface area contributed by atoms with Gasteiger partial charge in [-0.05, 0) is 40.7 Å². The Balaban J connectivity index is 2.03. The molecule has 0 atom stereocenters. The molecule has 1 N–H and O–H groups in total. The minimum Gasteiger partial charge on any atom is -0.474 e. The van der Waals surface area contributed by atoms with Gasteiger partial charge in [-0.3, -0.25) is 4.98 Å². The van der Waals surface area contributed by atoms with E-state index in [9.17, 15) is 0 Å². The van der Waals surface area contributed by atoms with Crippen LogP contribution in [0.2, 0.25) is 0 Å². The van der Waals surface area contributed by atoms with Crippen molar-refractivity contribution in [1.82, 2.24) is 15.3 Å². The Morgan fingerprint density at radius 1 is 1.32 bits per heavy atom. The van der Waals surface area contributed by atoms with Crippen LogP contribution >= 0.6 is 0 Å². The first-order valence-corrected chi connectivity index (χ1v) is 6.95. The lowest BCUT2D eigenvalue weighted by atomic mass is 9.90. The Morgan fingerprint density at radius 3 is 2.58 bits per heavy atom. The minimum absolute atomic E-state index is 0.124. The molecule has 0 saturated carbocycles. The standard InChI is InChI=1S/C14H24N4O/c1-11(2)19-13-10-16-9-12(17-13)18-7-5-14(3,15-4)6-8-18/h9-11,15H,5-8H2,1-4H3. The zero-order chi connectivity index (χ0) is 13.9. The van der Waals surface area contributed by atoms with Crippen LogP contribution in [-0.2, 0) is 0 Å². The predicted octanol–water partition coefficient (Wildman–Crippen LogP) is 1.84. The summed E-state index contributed by atoms with van der Waals surface area (Å²) in [6, 6.07) is 0. The number of hydrogen-bond donors (Lipinski definition) is 1. The number of nitrogens with one attached hydrogen (secondary N) is 1. The molecule has 19 heavy (non-hydrogen) atoms. The van der Waals surface area contributed by atoms with Gasteiger partial charge >= 0.3 is 0 Å². The fraction of sp³-hybridized carbons (Fsp3) is 0.714. The first-order chi connectivity index (χ1) is 9.02. The molecule has 5 nitrogen and oxygen atoms in total. The largest absolute Gasteiger partial charge is 0.474 e. The molecule has 1 aromatic rings. The van der Waals surface area contributed by atoms with Crippen molar-refractivity contribution in [2.75, 3.05) is 25.0 Å². The SMILES string of the molecule is CNC1(C)CCN(c2cncc(OC(C)C)n2)CC1. The molecule has 0 aliphatic carbocycles. The van der Waals surface area contributed by atoms with Gasteiger partial charge in [0.05, 0.1) is 18.5 Å². The average Bonchev–Trinajstić information content (AvgIpc) is 2.39. The predicted molar refractivity (Wildman–Crippen MR) is 76.7 cm³/mol. The molecule has 0 amide bonds. The number of ether oxygens (including phenoxy) is 1. The van der Waals surface area contributed by atoms with E-state index < -0.39 is 0 Å². The topological polar surface area (TPSA) is 50.3 Å². The van der Waals surface area contributed by atoms with Gasteiger partial charge in [0.1, 0.15) is 0 Å². The van der Waals surface area contributed by atoms with Gasteiger partial charge in [0.15, 0.2) is 5.82 Å². The second kappa shape index (κ2) is 5.74. The molecule has 1 aliphatic heterocycles. The van der Waals surface area contributed by atoms with Crippen LogP contribution in [0.15, 0.2) is 12.4 Å². The highest BCUT2D eigenvalue weighted by Crippen LogP contribution is 2.25. The summed E-state index contributed by atoms with van der Waals surface area (Å²) in [7, 11) is 2.03. The van der Waals surface area contributed by atoms with Crippen molar-refractivity contribution < 1.29 is 4.74 Å². The van der Waals surface area contributed by atoms with Crippen molar-refractivity contribution in [3.63, 3.8) is 0 Å². The molecule has 106 valence electrons. The van der Waals surface area contributed by atoms with Crippen LogP contribution in [0.25, 0.3) is 0 Å². The molecule has 0 radical (unpaired) electrons. The number of aromatic nitrogens is 2. The third-order valence-corrected chi connectivity index (χ3v) is 3.75. The highest BCUT2D eigenvalue weighted by Gasteiger charge is 2.28. The fourth-order valence-electron chi connectivity index (χ4n) is 2.27. The van der Waals surface area contributed by atoms with E-state index in [4.69, 9.17) is 4.74 Å². The highest BCUT2D eigenvalue weighted by molar-refractivity contribution is 5.38. The van der Waals surface area contributed by atoms with Crippen LogP contribution in [0.4, 0.5) is 5.82 Å². The summed E-state index contributed by atoms with van der Waals surface area (Å²) in [5.41, 5.74) is 0.246. The maximum atomic E-state index is 5.60. The van der Waals surface area contributed by atoms with Gasteiger partial charge in [-0.2, -0.15) is 4.98 Å². The summed E-state index contributed by atoms with van der Waals surface area (Å²) in [6.07, 6.45) is 5.83. The number of nitrogens with zero attached hydrogens (tertiary/aromatic N) is 3. The zero-order valence-electron chi connectivity index (χ0n) is 12.3. The van der Waals surface area contributed by atoms with Gasteiger partial charge in [-0.15, -0.1) is 0 Å². The van der Waals surface area contributed by atoms with Gasteiger partial charge < -0.3 is 15.0 Å². The lowest BCUT2D eigenvalue weighted by molar-refractivity contribution is 0.231. The lowest BCUT2D eigenvalue weighted by Gasteiger charge is -2.39. The second-order valence-corrected chi connectivity index (χ2v) is 5.68. The quantitative estimate of drug-likeness (QED) is 0.899. The summed E-state index contributed by atoms with van der Waals surface area (Å²) in [4.78, 5) is 11.0. The summed E-state index contributed by atoms with van der Waals surface area (Å²) in [5, 5.41) is 3.40. The monoisotopic (exact) mass is 264 g/mol. The van der Waals surface area contributed by atoms with E-state index in [1.807, 2.05) is 27.1 Å². The molecule has 2 heterocycles. The van der Waals surface area contributed by atoms with Gasteiger partial charge in [0.2, 0.25) is 5.88 Å². The third-order valence-electron chi connectivity index (χ3n) is 3.75. The Bertz CT molecular complexity index is 414. The first-order valence-electron chi connectivity index (χ1n) is 6.95. The smallest absolute Gasteiger partial charge is 0.234 e. The van der Waals surface area contributed by atoms with Crippen molar-refractivity contribution in [2.45, 2.75) is 45.3 Å². The lowest BCUT2D eigenvalue weighted by Crippen LogP contribution is -2.50. The van der Waals surface area contributed by atoms with Crippen LogP contribution in [0.1, 0.15) is 33.6 Å². The van der Waals surface area contributed by atoms with Crippen LogP contribution in [-0.4, -0.2) is 41.7 Å². The fourth-order valence-corrected chi connectivity index (χ4v) is 2.27. The molecule has 0 unspecified atom stereocenters. The molecule has 1 fully saturated rings. The number of anilines is 1. The molecule has 1 saturated heterocycles. The third kappa shape index (κ3) is 3.56. The average molecular weight is 264 g/mol. The Hall–Kier alpha value is -1.36. The maximum absolute atomic E-state index is 5.60. The normalized spacial score (nSPS) is 18.7. The van der Waals surface area contributed by atoms with E-state index in [0.29, 0.717) is 5.88 Å². The van der Waals surface area contributed by atoms with Crippen LogP contribution in [0.5, 0.6) is 5.88 Å². The van der Waals surface area contributed by atoms with Crippen molar-refractivity contribution in [2.24, 2.45) is 0 Å². The molecule has 1 aliphatic rings. The highest BCUT2D eigenvalue weighted by atomic mass is 16.5. The number of rotatable bonds is 4. The minimum atomic E-state index is 0.124. The second-order valence-electron chi connectivity index (χ2n) is 5.68. The molecule has 0 bridgehead atoms. The first kappa shape index (κ1) is 14.1. The molecule has 5 heteroatoms. The van der Waals surface area contributed by atoms with E-state index >= 15 is 0 Å². The summed E-state index contributed by atoms with van der Waals surface area (Å²) < 4.78 is 5.60. The summed E-state index contributed by atoms with van der Waals surface area (Å²) >= 11 is 0. The van der Waals surface area contributed by atoms with Crippen molar-refractivity contribution in [1.29, 1.82) is 0 Å². The summed E-state index contributed by atoms with van der Waals surface area (Å²) in [5.74, 6) is 1.52. The Morgan fingerprint density at radius 2 is 2.00 bits per heavy atom. The molecular formula is C14H24N4O. The van der Waals surface area contributed by atoms with Gasteiger partial charge in [-0.25, -0.2) is 0 Å². The van der Waals surface area contributed by atoms with Crippen LogP contribution in [0.3, 0.4) is 0 Å². The zero-order valence-corrected chi connectivity index (χ0v) is 12.3. The molecular weight excluding hydrogens is 240 g/mol. The number of piperidine rings is 1.